The second kappa shape index (κ2) is 7.69. The van der Waals surface area contributed by atoms with Gasteiger partial charge in [0.15, 0.2) is 0 Å². The quantitative estimate of drug-likeness (QED) is 0.882. The second-order valence-electron chi connectivity index (χ2n) is 6.17. The van der Waals surface area contributed by atoms with Crippen molar-refractivity contribution in [2.75, 3.05) is 5.32 Å². The van der Waals surface area contributed by atoms with E-state index < -0.39 is 0 Å². The van der Waals surface area contributed by atoms with Crippen molar-refractivity contribution in [1.29, 1.82) is 0 Å². The number of nitrogens with one attached hydrogen (secondary N) is 1. The van der Waals surface area contributed by atoms with Crippen molar-refractivity contribution in [3.05, 3.63) is 48.5 Å². The fourth-order valence-electron chi connectivity index (χ4n) is 3.09. The average Bonchev–Trinajstić information content (AvgIpc) is 2.62. The predicted molar refractivity (Wildman–Crippen MR) is 91.9 cm³/mol. The van der Waals surface area contributed by atoms with E-state index in [9.17, 15) is 4.79 Å². The summed E-state index contributed by atoms with van der Waals surface area (Å²) in [6, 6.07) is 7.30. The third-order valence-corrected chi connectivity index (χ3v) is 4.28. The first-order valence-corrected chi connectivity index (χ1v) is 8.27. The Morgan fingerprint density at radius 1 is 1.17 bits per heavy atom. The SMILES string of the molecule is O=C(CC1(C#Cc2cccnn2)CCCCC1)Nc1cccnc1. The highest BCUT2D eigenvalue weighted by atomic mass is 16.1. The Morgan fingerprint density at radius 2 is 2.00 bits per heavy atom. The lowest BCUT2D eigenvalue weighted by Crippen LogP contribution is -2.28. The monoisotopic (exact) mass is 320 g/mol. The molecular formula is C19H20N4O. The maximum absolute atomic E-state index is 12.5. The third kappa shape index (κ3) is 4.39. The highest BCUT2D eigenvalue weighted by molar-refractivity contribution is 5.91. The van der Waals surface area contributed by atoms with Gasteiger partial charge in [0.25, 0.3) is 0 Å². The number of aromatic nitrogens is 3. The Labute approximate surface area is 141 Å². The Bertz CT molecular complexity index is 728. The first-order valence-electron chi connectivity index (χ1n) is 8.27. The van der Waals surface area contributed by atoms with Gasteiger partial charge in [0.05, 0.1) is 11.9 Å². The van der Waals surface area contributed by atoms with Gasteiger partial charge in [-0.1, -0.05) is 25.2 Å². The standard InChI is InChI=1S/C19H20N4O/c24-18(22-17-7-4-12-20-15-17)14-19(9-2-1-3-10-19)11-8-16-6-5-13-21-23-16/h4-7,12-13,15H,1-3,9-10,14H2,(H,22,24). The highest BCUT2D eigenvalue weighted by Gasteiger charge is 2.32. The van der Waals surface area contributed by atoms with E-state index in [-0.39, 0.29) is 11.3 Å². The van der Waals surface area contributed by atoms with Gasteiger partial charge in [-0.3, -0.25) is 9.78 Å². The van der Waals surface area contributed by atoms with Crippen LogP contribution in [0.15, 0.2) is 42.9 Å². The molecule has 0 bridgehead atoms. The lowest BCUT2D eigenvalue weighted by Gasteiger charge is -2.31. The summed E-state index contributed by atoms with van der Waals surface area (Å²) in [6.07, 6.45) is 10.7. The Morgan fingerprint density at radius 3 is 2.71 bits per heavy atom. The van der Waals surface area contributed by atoms with Crippen LogP contribution < -0.4 is 5.32 Å². The van der Waals surface area contributed by atoms with Gasteiger partial charge in [-0.15, -0.1) is 5.10 Å². The van der Waals surface area contributed by atoms with Gasteiger partial charge in [-0.05, 0) is 43.0 Å². The molecule has 122 valence electrons. The molecule has 0 saturated heterocycles. The van der Waals surface area contributed by atoms with Crippen LogP contribution >= 0.6 is 0 Å². The largest absolute Gasteiger partial charge is 0.325 e. The molecule has 0 spiro atoms. The summed E-state index contributed by atoms with van der Waals surface area (Å²) in [7, 11) is 0. The number of hydrogen-bond donors (Lipinski definition) is 1. The van der Waals surface area contributed by atoms with Crippen molar-refractivity contribution in [3.8, 4) is 11.8 Å². The minimum absolute atomic E-state index is 0.0154. The van der Waals surface area contributed by atoms with E-state index in [0.29, 0.717) is 12.1 Å². The normalized spacial score (nSPS) is 15.8. The number of carbonyl (C=O) groups excluding carboxylic acids is 1. The maximum atomic E-state index is 12.5. The molecule has 5 nitrogen and oxygen atoms in total. The molecule has 2 aromatic rings. The van der Waals surface area contributed by atoms with E-state index in [0.717, 1.165) is 31.4 Å². The minimum Gasteiger partial charge on any atom is -0.325 e. The molecule has 5 heteroatoms. The summed E-state index contributed by atoms with van der Waals surface area (Å²) >= 11 is 0. The average molecular weight is 320 g/mol. The van der Waals surface area contributed by atoms with Gasteiger partial charge in [0.1, 0.15) is 5.69 Å². The number of carbonyl (C=O) groups is 1. The zero-order valence-corrected chi connectivity index (χ0v) is 13.5. The van der Waals surface area contributed by atoms with E-state index in [2.05, 4.69) is 32.3 Å². The smallest absolute Gasteiger partial charge is 0.225 e. The Balaban J connectivity index is 1.74. The van der Waals surface area contributed by atoms with Crippen LogP contribution in [0.2, 0.25) is 0 Å². The molecule has 1 aliphatic carbocycles. The maximum Gasteiger partial charge on any atom is 0.225 e. The van der Waals surface area contributed by atoms with Crippen molar-refractivity contribution in [2.24, 2.45) is 5.41 Å². The summed E-state index contributed by atoms with van der Waals surface area (Å²) in [5, 5.41) is 10.8. The molecule has 0 atom stereocenters. The lowest BCUT2D eigenvalue weighted by molar-refractivity contribution is -0.118. The summed E-state index contributed by atoms with van der Waals surface area (Å²) in [4.78, 5) is 16.5. The van der Waals surface area contributed by atoms with Gasteiger partial charge in [0.2, 0.25) is 5.91 Å². The van der Waals surface area contributed by atoms with Crippen molar-refractivity contribution in [2.45, 2.75) is 38.5 Å². The molecule has 3 rings (SSSR count). The van der Waals surface area contributed by atoms with E-state index in [1.54, 1.807) is 24.7 Å². The summed E-state index contributed by atoms with van der Waals surface area (Å²) in [6.45, 7) is 0. The predicted octanol–water partition coefficient (Wildman–Crippen LogP) is 3.20. The molecule has 1 fully saturated rings. The third-order valence-electron chi connectivity index (χ3n) is 4.28. The molecular weight excluding hydrogens is 300 g/mol. The molecule has 0 unspecified atom stereocenters. The van der Waals surface area contributed by atoms with Crippen molar-refractivity contribution in [1.82, 2.24) is 15.2 Å². The number of hydrogen-bond acceptors (Lipinski definition) is 4. The molecule has 1 N–H and O–H groups in total. The van der Waals surface area contributed by atoms with Gasteiger partial charge in [-0.25, -0.2) is 0 Å². The molecule has 0 aliphatic heterocycles. The Hall–Kier alpha value is -2.74. The van der Waals surface area contributed by atoms with Gasteiger partial charge < -0.3 is 5.32 Å². The summed E-state index contributed by atoms with van der Waals surface area (Å²) in [5.74, 6) is 6.43. The van der Waals surface area contributed by atoms with Gasteiger partial charge in [0, 0.05) is 24.2 Å². The second-order valence-corrected chi connectivity index (χ2v) is 6.17. The first-order chi connectivity index (χ1) is 11.8. The van der Waals surface area contributed by atoms with Crippen LogP contribution in [0.25, 0.3) is 0 Å². The van der Waals surface area contributed by atoms with Crippen LogP contribution in [-0.4, -0.2) is 21.1 Å². The molecule has 1 amide bonds. The van der Waals surface area contributed by atoms with Crippen LogP contribution in [-0.2, 0) is 4.79 Å². The number of amides is 1. The van der Waals surface area contributed by atoms with Crippen LogP contribution in [0.5, 0.6) is 0 Å². The van der Waals surface area contributed by atoms with Crippen molar-refractivity contribution < 1.29 is 4.79 Å². The fraction of sp³-hybridized carbons (Fsp3) is 0.368. The minimum atomic E-state index is -0.276. The number of pyridine rings is 1. The molecule has 2 aromatic heterocycles. The zero-order chi connectivity index (χ0) is 16.7. The molecule has 0 aromatic carbocycles. The van der Waals surface area contributed by atoms with E-state index in [1.807, 2.05) is 18.2 Å². The number of nitrogens with zero attached hydrogens (tertiary/aromatic N) is 3. The van der Waals surface area contributed by atoms with E-state index >= 15 is 0 Å². The molecule has 0 radical (unpaired) electrons. The Kier molecular flexibility index (Phi) is 5.17. The van der Waals surface area contributed by atoms with Gasteiger partial charge >= 0.3 is 0 Å². The van der Waals surface area contributed by atoms with E-state index in [4.69, 9.17) is 0 Å². The van der Waals surface area contributed by atoms with Crippen molar-refractivity contribution >= 4 is 11.6 Å². The molecule has 2 heterocycles. The zero-order valence-electron chi connectivity index (χ0n) is 13.5. The highest BCUT2D eigenvalue weighted by Crippen LogP contribution is 2.39. The van der Waals surface area contributed by atoms with Gasteiger partial charge in [-0.2, -0.15) is 5.10 Å². The summed E-state index contributed by atoms with van der Waals surface area (Å²) in [5.41, 5.74) is 1.09. The van der Waals surface area contributed by atoms with Crippen LogP contribution in [0.3, 0.4) is 0 Å². The van der Waals surface area contributed by atoms with Crippen LogP contribution in [0.4, 0.5) is 5.69 Å². The fourth-order valence-corrected chi connectivity index (χ4v) is 3.09. The first kappa shape index (κ1) is 16.1. The molecule has 24 heavy (non-hydrogen) atoms. The number of anilines is 1. The van der Waals surface area contributed by atoms with Crippen LogP contribution in [0, 0.1) is 17.3 Å². The van der Waals surface area contributed by atoms with Crippen molar-refractivity contribution in [3.63, 3.8) is 0 Å². The number of rotatable bonds is 3. The van der Waals surface area contributed by atoms with E-state index in [1.165, 1.54) is 6.42 Å². The molecule has 1 aliphatic rings. The lowest BCUT2D eigenvalue weighted by atomic mass is 9.72. The van der Waals surface area contributed by atoms with Crippen LogP contribution in [0.1, 0.15) is 44.2 Å². The summed E-state index contributed by atoms with van der Waals surface area (Å²) < 4.78 is 0. The topological polar surface area (TPSA) is 67.8 Å². The molecule has 1 saturated carbocycles.